The van der Waals surface area contributed by atoms with Crippen LogP contribution in [0.5, 0.6) is 0 Å². The second kappa shape index (κ2) is 7.27. The van der Waals surface area contributed by atoms with Gasteiger partial charge < -0.3 is 10.2 Å². The third kappa shape index (κ3) is 4.48. The third-order valence-corrected chi connectivity index (χ3v) is 4.17. The Bertz CT molecular complexity index is 447. The molecule has 0 spiro atoms. The van der Waals surface area contributed by atoms with E-state index in [0.717, 1.165) is 41.0 Å². The number of halogens is 2. The molecule has 0 bridgehead atoms. The molecule has 0 atom stereocenters. The van der Waals surface area contributed by atoms with E-state index in [1.807, 2.05) is 23.1 Å². The Morgan fingerprint density at radius 1 is 1.32 bits per heavy atom. The number of likely N-dealkylation sites (tertiary alicyclic amines) is 1. The Hall–Kier alpha value is -0.580. The van der Waals surface area contributed by atoms with Crippen molar-refractivity contribution in [1.82, 2.24) is 10.2 Å². The monoisotopic (exact) mass is 344 g/mol. The van der Waals surface area contributed by atoms with E-state index >= 15 is 0 Å². The number of benzene rings is 1. The highest BCUT2D eigenvalue weighted by Crippen LogP contribution is 2.20. The van der Waals surface area contributed by atoms with E-state index in [1.54, 1.807) is 0 Å². The van der Waals surface area contributed by atoms with Gasteiger partial charge in [0.2, 0.25) is 5.91 Å². The smallest absolute Gasteiger partial charge is 0.236 e. The molecule has 3 nitrogen and oxygen atoms in total. The number of nitrogens with one attached hydrogen (secondary N) is 1. The molecule has 0 aliphatic carbocycles. The van der Waals surface area contributed by atoms with Crippen LogP contribution in [-0.4, -0.2) is 30.4 Å². The van der Waals surface area contributed by atoms with Crippen LogP contribution < -0.4 is 5.32 Å². The lowest BCUT2D eigenvalue weighted by Crippen LogP contribution is -2.40. The molecule has 0 unspecified atom stereocenters. The SMILES string of the molecule is O=C(CNCc1cc(Br)ccc1Cl)N1CCCCC1. The molecule has 1 aliphatic rings. The van der Waals surface area contributed by atoms with E-state index in [-0.39, 0.29) is 5.91 Å². The number of amides is 1. The Balaban J connectivity index is 1.79. The van der Waals surface area contributed by atoms with Crippen molar-refractivity contribution in [2.75, 3.05) is 19.6 Å². The van der Waals surface area contributed by atoms with Crippen LogP contribution in [0.1, 0.15) is 24.8 Å². The lowest BCUT2D eigenvalue weighted by atomic mass is 10.1. The number of nitrogens with zero attached hydrogens (tertiary/aromatic N) is 1. The molecule has 0 aromatic heterocycles. The van der Waals surface area contributed by atoms with E-state index in [9.17, 15) is 4.79 Å². The summed E-state index contributed by atoms with van der Waals surface area (Å²) in [6.07, 6.45) is 3.50. The zero-order valence-electron chi connectivity index (χ0n) is 10.8. The Morgan fingerprint density at radius 2 is 2.05 bits per heavy atom. The number of rotatable bonds is 4. The van der Waals surface area contributed by atoms with Gasteiger partial charge in [0, 0.05) is 29.1 Å². The van der Waals surface area contributed by atoms with Gasteiger partial charge in [0.1, 0.15) is 0 Å². The topological polar surface area (TPSA) is 32.3 Å². The first-order chi connectivity index (χ1) is 9.16. The van der Waals surface area contributed by atoms with Crippen molar-refractivity contribution in [1.29, 1.82) is 0 Å². The van der Waals surface area contributed by atoms with Crippen molar-refractivity contribution in [2.45, 2.75) is 25.8 Å². The van der Waals surface area contributed by atoms with Crippen molar-refractivity contribution >= 4 is 33.4 Å². The van der Waals surface area contributed by atoms with Crippen LogP contribution in [0.15, 0.2) is 22.7 Å². The van der Waals surface area contributed by atoms with Crippen molar-refractivity contribution in [2.24, 2.45) is 0 Å². The summed E-state index contributed by atoms with van der Waals surface area (Å²) in [7, 11) is 0. The van der Waals surface area contributed by atoms with Gasteiger partial charge in [0.05, 0.1) is 6.54 Å². The summed E-state index contributed by atoms with van der Waals surface area (Å²) in [5.74, 6) is 0.186. The zero-order chi connectivity index (χ0) is 13.7. The highest BCUT2D eigenvalue weighted by Gasteiger charge is 2.15. The fraction of sp³-hybridized carbons (Fsp3) is 0.500. The van der Waals surface area contributed by atoms with Gasteiger partial charge >= 0.3 is 0 Å². The molecule has 1 aromatic rings. The molecular weight excluding hydrogens is 328 g/mol. The van der Waals surface area contributed by atoms with Crippen LogP contribution in [0, 0.1) is 0 Å². The van der Waals surface area contributed by atoms with E-state index in [0.29, 0.717) is 13.1 Å². The quantitative estimate of drug-likeness (QED) is 0.909. The number of hydrogen-bond donors (Lipinski definition) is 1. The number of carbonyl (C=O) groups excluding carboxylic acids is 1. The Morgan fingerprint density at radius 3 is 2.79 bits per heavy atom. The molecule has 5 heteroatoms. The van der Waals surface area contributed by atoms with Crippen LogP contribution in [0.3, 0.4) is 0 Å². The van der Waals surface area contributed by atoms with Gasteiger partial charge in [0.25, 0.3) is 0 Å². The standard InChI is InChI=1S/C14H18BrClN2O/c15-12-4-5-13(16)11(8-12)9-17-10-14(19)18-6-2-1-3-7-18/h4-5,8,17H,1-3,6-7,9-10H2. The maximum Gasteiger partial charge on any atom is 0.236 e. The molecule has 0 radical (unpaired) electrons. The number of hydrogen-bond acceptors (Lipinski definition) is 2. The maximum absolute atomic E-state index is 12.0. The predicted molar refractivity (Wildman–Crippen MR) is 81.3 cm³/mol. The molecule has 1 amide bonds. The fourth-order valence-corrected chi connectivity index (χ4v) is 2.83. The molecule has 1 N–H and O–H groups in total. The van der Waals surface area contributed by atoms with E-state index in [2.05, 4.69) is 21.2 Å². The minimum atomic E-state index is 0.186. The van der Waals surface area contributed by atoms with E-state index in [4.69, 9.17) is 11.6 Å². The molecule has 104 valence electrons. The zero-order valence-corrected chi connectivity index (χ0v) is 13.1. The van der Waals surface area contributed by atoms with Gasteiger partial charge in [-0.2, -0.15) is 0 Å². The number of carbonyl (C=O) groups is 1. The average Bonchev–Trinajstić information content (AvgIpc) is 2.43. The maximum atomic E-state index is 12.0. The highest BCUT2D eigenvalue weighted by molar-refractivity contribution is 9.10. The van der Waals surface area contributed by atoms with Crippen LogP contribution >= 0.6 is 27.5 Å². The summed E-state index contributed by atoms with van der Waals surface area (Å²) in [6, 6.07) is 5.74. The van der Waals surface area contributed by atoms with Crippen LogP contribution in [-0.2, 0) is 11.3 Å². The van der Waals surface area contributed by atoms with E-state index < -0.39 is 0 Å². The summed E-state index contributed by atoms with van der Waals surface area (Å²) >= 11 is 9.52. The molecule has 1 saturated heterocycles. The first-order valence-corrected chi connectivity index (χ1v) is 7.76. The predicted octanol–water partition coefficient (Wildman–Crippen LogP) is 3.20. The fourth-order valence-electron chi connectivity index (χ4n) is 2.24. The summed E-state index contributed by atoms with van der Waals surface area (Å²) in [5, 5.41) is 3.89. The molecule has 19 heavy (non-hydrogen) atoms. The summed E-state index contributed by atoms with van der Waals surface area (Å²) in [5.41, 5.74) is 1.00. The molecule has 1 aromatic carbocycles. The summed E-state index contributed by atoms with van der Waals surface area (Å²) < 4.78 is 0.996. The van der Waals surface area contributed by atoms with Gasteiger partial charge in [-0.15, -0.1) is 0 Å². The van der Waals surface area contributed by atoms with Gasteiger partial charge in [-0.1, -0.05) is 27.5 Å². The molecule has 2 rings (SSSR count). The first kappa shape index (κ1) is 14.8. The lowest BCUT2D eigenvalue weighted by molar-refractivity contribution is -0.131. The van der Waals surface area contributed by atoms with Crippen LogP contribution in [0.25, 0.3) is 0 Å². The van der Waals surface area contributed by atoms with E-state index in [1.165, 1.54) is 6.42 Å². The minimum absolute atomic E-state index is 0.186. The molecular formula is C14H18BrClN2O. The van der Waals surface area contributed by atoms with Crippen LogP contribution in [0.4, 0.5) is 0 Å². The van der Waals surface area contributed by atoms with Gasteiger partial charge in [-0.3, -0.25) is 4.79 Å². The summed E-state index contributed by atoms with van der Waals surface area (Å²) in [4.78, 5) is 13.9. The number of piperidine rings is 1. The Labute approximate surface area is 127 Å². The highest BCUT2D eigenvalue weighted by atomic mass is 79.9. The van der Waals surface area contributed by atoms with Gasteiger partial charge in [0.15, 0.2) is 0 Å². The molecule has 1 aliphatic heterocycles. The van der Waals surface area contributed by atoms with Crippen molar-refractivity contribution in [3.05, 3.63) is 33.3 Å². The largest absolute Gasteiger partial charge is 0.342 e. The molecule has 1 heterocycles. The van der Waals surface area contributed by atoms with Crippen molar-refractivity contribution in [3.63, 3.8) is 0 Å². The van der Waals surface area contributed by atoms with Crippen LogP contribution in [0.2, 0.25) is 5.02 Å². The normalized spacial score (nSPS) is 15.6. The molecule has 0 saturated carbocycles. The Kier molecular flexibility index (Phi) is 5.67. The van der Waals surface area contributed by atoms with Gasteiger partial charge in [-0.05, 0) is 43.0 Å². The van der Waals surface area contributed by atoms with Crippen molar-refractivity contribution < 1.29 is 4.79 Å². The summed E-state index contributed by atoms with van der Waals surface area (Å²) in [6.45, 7) is 2.79. The second-order valence-electron chi connectivity index (χ2n) is 4.78. The first-order valence-electron chi connectivity index (χ1n) is 6.59. The molecule has 1 fully saturated rings. The van der Waals surface area contributed by atoms with Crippen molar-refractivity contribution in [3.8, 4) is 0 Å². The third-order valence-electron chi connectivity index (χ3n) is 3.31. The second-order valence-corrected chi connectivity index (χ2v) is 6.10. The average molecular weight is 346 g/mol. The van der Waals surface area contributed by atoms with Gasteiger partial charge in [-0.25, -0.2) is 0 Å². The lowest BCUT2D eigenvalue weighted by Gasteiger charge is -2.26. The minimum Gasteiger partial charge on any atom is -0.342 e.